The van der Waals surface area contributed by atoms with E-state index in [4.69, 9.17) is 19.7 Å². The SMILES string of the molecule is CC(C)CC(O)[C@@H](O)[C@H](O[C@H]1OC(CO)[C@@H](O)[C@H](O)C1O)C(O)CO. The first-order valence-electron chi connectivity index (χ1n) is 8.25. The highest BCUT2D eigenvalue weighted by Crippen LogP contribution is 2.25. The van der Waals surface area contributed by atoms with Crippen LogP contribution in [0, 0.1) is 5.92 Å². The summed E-state index contributed by atoms with van der Waals surface area (Å²) >= 11 is 0. The summed E-state index contributed by atoms with van der Waals surface area (Å²) in [5.41, 5.74) is 0. The van der Waals surface area contributed by atoms with Gasteiger partial charge in [0.15, 0.2) is 6.29 Å². The standard InChI is InChI=1S/C15H30O10/c1-6(2)3-7(18)10(20)14(8(19)4-16)25-15-13(23)12(22)11(21)9(5-17)24-15/h6-23H,3-5H2,1-2H3/t7?,8?,9?,10-,11-,12+,13?,14-,15-/m1/s1. The van der Waals surface area contributed by atoms with Crippen LogP contribution in [0.4, 0.5) is 0 Å². The summed E-state index contributed by atoms with van der Waals surface area (Å²) < 4.78 is 10.4. The van der Waals surface area contributed by atoms with E-state index in [-0.39, 0.29) is 12.3 Å². The third kappa shape index (κ3) is 5.79. The van der Waals surface area contributed by atoms with E-state index < -0.39 is 68.3 Å². The van der Waals surface area contributed by atoms with E-state index in [1.54, 1.807) is 0 Å². The predicted octanol–water partition coefficient (Wildman–Crippen LogP) is -3.71. The number of aliphatic hydroxyl groups is 8. The molecule has 25 heavy (non-hydrogen) atoms. The summed E-state index contributed by atoms with van der Waals surface area (Å²) in [6.45, 7) is 2.15. The van der Waals surface area contributed by atoms with E-state index >= 15 is 0 Å². The fraction of sp³-hybridized carbons (Fsp3) is 1.00. The molecular weight excluding hydrogens is 340 g/mol. The molecule has 0 amide bonds. The molecule has 4 unspecified atom stereocenters. The molecular formula is C15H30O10. The molecule has 0 bridgehead atoms. The first-order chi connectivity index (χ1) is 11.6. The Morgan fingerprint density at radius 3 is 2.00 bits per heavy atom. The van der Waals surface area contributed by atoms with Crippen molar-refractivity contribution >= 4 is 0 Å². The van der Waals surface area contributed by atoms with Crippen molar-refractivity contribution in [1.29, 1.82) is 0 Å². The molecule has 150 valence electrons. The van der Waals surface area contributed by atoms with Crippen molar-refractivity contribution in [2.75, 3.05) is 13.2 Å². The van der Waals surface area contributed by atoms with Crippen molar-refractivity contribution in [3.05, 3.63) is 0 Å². The number of ether oxygens (including phenoxy) is 2. The first kappa shape index (κ1) is 22.6. The van der Waals surface area contributed by atoms with Crippen molar-refractivity contribution in [3.63, 3.8) is 0 Å². The van der Waals surface area contributed by atoms with Gasteiger partial charge in [0.25, 0.3) is 0 Å². The van der Waals surface area contributed by atoms with Crippen molar-refractivity contribution in [2.24, 2.45) is 5.92 Å². The van der Waals surface area contributed by atoms with Gasteiger partial charge < -0.3 is 50.3 Å². The van der Waals surface area contributed by atoms with Gasteiger partial charge in [0.2, 0.25) is 0 Å². The Balaban J connectivity index is 2.90. The Bertz CT molecular complexity index is 379. The van der Waals surface area contributed by atoms with Gasteiger partial charge >= 0.3 is 0 Å². The van der Waals surface area contributed by atoms with Gasteiger partial charge in [0.05, 0.1) is 19.3 Å². The third-order valence-electron chi connectivity index (χ3n) is 4.15. The average Bonchev–Trinajstić information content (AvgIpc) is 2.57. The second-order valence-electron chi connectivity index (χ2n) is 6.74. The molecule has 0 aromatic carbocycles. The van der Waals surface area contributed by atoms with E-state index in [1.807, 2.05) is 13.8 Å². The van der Waals surface area contributed by atoms with Crippen molar-refractivity contribution in [2.45, 2.75) is 75.4 Å². The lowest BCUT2D eigenvalue weighted by Gasteiger charge is -2.42. The number of hydrogen-bond acceptors (Lipinski definition) is 10. The molecule has 1 saturated heterocycles. The van der Waals surface area contributed by atoms with Gasteiger partial charge in [-0.15, -0.1) is 0 Å². The smallest absolute Gasteiger partial charge is 0.187 e. The van der Waals surface area contributed by atoms with Crippen molar-refractivity contribution in [1.82, 2.24) is 0 Å². The minimum atomic E-state index is -1.74. The zero-order valence-corrected chi connectivity index (χ0v) is 14.3. The maximum atomic E-state index is 10.2. The van der Waals surface area contributed by atoms with Crippen LogP contribution in [0.2, 0.25) is 0 Å². The van der Waals surface area contributed by atoms with Crippen LogP contribution in [-0.2, 0) is 9.47 Å². The van der Waals surface area contributed by atoms with E-state index in [0.717, 1.165) is 0 Å². The van der Waals surface area contributed by atoms with Crippen LogP contribution in [0.15, 0.2) is 0 Å². The van der Waals surface area contributed by atoms with Crippen LogP contribution in [0.3, 0.4) is 0 Å². The van der Waals surface area contributed by atoms with Gasteiger partial charge in [-0.25, -0.2) is 0 Å². The molecule has 1 heterocycles. The molecule has 0 aromatic heterocycles. The quantitative estimate of drug-likeness (QED) is 0.201. The molecule has 0 spiro atoms. The largest absolute Gasteiger partial charge is 0.394 e. The van der Waals surface area contributed by atoms with E-state index in [1.165, 1.54) is 0 Å². The van der Waals surface area contributed by atoms with Gasteiger partial charge in [-0.3, -0.25) is 0 Å². The Labute approximate surface area is 145 Å². The zero-order valence-electron chi connectivity index (χ0n) is 14.3. The zero-order chi connectivity index (χ0) is 19.3. The van der Waals surface area contributed by atoms with Crippen LogP contribution < -0.4 is 0 Å². The Hall–Kier alpha value is -0.400. The average molecular weight is 370 g/mol. The van der Waals surface area contributed by atoms with Crippen LogP contribution in [0.1, 0.15) is 20.3 Å². The molecule has 0 saturated carbocycles. The topological polar surface area (TPSA) is 180 Å². The van der Waals surface area contributed by atoms with E-state index in [9.17, 15) is 30.6 Å². The molecule has 1 rings (SSSR count). The van der Waals surface area contributed by atoms with Crippen molar-refractivity contribution in [3.8, 4) is 0 Å². The molecule has 0 aliphatic carbocycles. The highest BCUT2D eigenvalue weighted by molar-refractivity contribution is 4.91. The van der Waals surface area contributed by atoms with Crippen LogP contribution in [-0.4, -0.2) is 109 Å². The lowest BCUT2D eigenvalue weighted by atomic mass is 9.95. The Morgan fingerprint density at radius 2 is 1.52 bits per heavy atom. The van der Waals surface area contributed by atoms with Gasteiger partial charge in [0.1, 0.15) is 42.7 Å². The molecule has 1 fully saturated rings. The maximum absolute atomic E-state index is 10.2. The summed E-state index contributed by atoms with van der Waals surface area (Å²) in [6.07, 6.45) is -13.7. The monoisotopic (exact) mass is 370 g/mol. The minimum absolute atomic E-state index is 0.0313. The lowest BCUT2D eigenvalue weighted by molar-refractivity contribution is -0.327. The first-order valence-corrected chi connectivity index (χ1v) is 8.25. The van der Waals surface area contributed by atoms with Gasteiger partial charge in [-0.05, 0) is 12.3 Å². The van der Waals surface area contributed by atoms with E-state index in [2.05, 4.69) is 0 Å². The van der Waals surface area contributed by atoms with Crippen LogP contribution >= 0.6 is 0 Å². The normalized spacial score (nSPS) is 35.4. The van der Waals surface area contributed by atoms with Gasteiger partial charge in [-0.1, -0.05) is 13.8 Å². The number of rotatable bonds is 9. The van der Waals surface area contributed by atoms with Crippen LogP contribution in [0.25, 0.3) is 0 Å². The Morgan fingerprint density at radius 1 is 0.920 bits per heavy atom. The lowest BCUT2D eigenvalue weighted by Crippen LogP contribution is -2.61. The third-order valence-corrected chi connectivity index (χ3v) is 4.15. The minimum Gasteiger partial charge on any atom is -0.394 e. The summed E-state index contributed by atoms with van der Waals surface area (Å²) in [7, 11) is 0. The summed E-state index contributed by atoms with van der Waals surface area (Å²) in [6, 6.07) is 0. The molecule has 1 aliphatic heterocycles. The Kier molecular flexibility index (Phi) is 9.12. The van der Waals surface area contributed by atoms with Gasteiger partial charge in [0, 0.05) is 0 Å². The van der Waals surface area contributed by atoms with Crippen LogP contribution in [0.5, 0.6) is 0 Å². The molecule has 8 N–H and O–H groups in total. The molecule has 10 nitrogen and oxygen atoms in total. The molecule has 0 radical (unpaired) electrons. The van der Waals surface area contributed by atoms with Gasteiger partial charge in [-0.2, -0.15) is 0 Å². The highest BCUT2D eigenvalue weighted by Gasteiger charge is 2.46. The van der Waals surface area contributed by atoms with Crippen molar-refractivity contribution < 1.29 is 50.3 Å². The second kappa shape index (κ2) is 10.1. The van der Waals surface area contributed by atoms with E-state index in [0.29, 0.717) is 0 Å². The summed E-state index contributed by atoms with van der Waals surface area (Å²) in [5, 5.41) is 77.9. The number of hydrogen-bond donors (Lipinski definition) is 8. The molecule has 10 heteroatoms. The number of aliphatic hydroxyl groups excluding tert-OH is 8. The highest BCUT2D eigenvalue weighted by atomic mass is 16.7. The fourth-order valence-electron chi connectivity index (χ4n) is 2.68. The molecule has 0 aromatic rings. The fourth-order valence-corrected chi connectivity index (χ4v) is 2.68. The molecule has 1 aliphatic rings. The maximum Gasteiger partial charge on any atom is 0.187 e. The molecule has 9 atom stereocenters. The predicted molar refractivity (Wildman–Crippen MR) is 83.2 cm³/mol. The summed E-state index contributed by atoms with van der Waals surface area (Å²) in [5.74, 6) is 0.0313. The summed E-state index contributed by atoms with van der Waals surface area (Å²) in [4.78, 5) is 0. The second-order valence-corrected chi connectivity index (χ2v) is 6.74.